The summed E-state index contributed by atoms with van der Waals surface area (Å²) in [6, 6.07) is 6.24. The van der Waals surface area contributed by atoms with E-state index in [0.29, 0.717) is 0 Å². The van der Waals surface area contributed by atoms with Gasteiger partial charge in [0.2, 0.25) is 0 Å². The Bertz CT molecular complexity index is 543. The van der Waals surface area contributed by atoms with Gasteiger partial charge >= 0.3 is 0 Å². The second kappa shape index (κ2) is 4.42. The lowest BCUT2D eigenvalue weighted by Crippen LogP contribution is -2.36. The Hall–Kier alpha value is -0.870. The summed E-state index contributed by atoms with van der Waals surface area (Å²) < 4.78 is 3.33. The molecule has 0 spiro atoms. The van der Waals surface area contributed by atoms with E-state index < -0.39 is 0 Å². The van der Waals surface area contributed by atoms with Gasteiger partial charge in [0.25, 0.3) is 0 Å². The van der Waals surface area contributed by atoms with Crippen LogP contribution >= 0.6 is 15.9 Å². The lowest BCUT2D eigenvalue weighted by Gasteiger charge is -2.24. The fraction of sp³-hybridized carbons (Fsp3) is 0.462. The zero-order valence-electron chi connectivity index (χ0n) is 10.7. The number of hydrogen-bond acceptors (Lipinski definition) is 2. The third kappa shape index (κ3) is 2.11. The Morgan fingerprint density at radius 3 is 2.71 bits per heavy atom. The molecule has 0 aliphatic carbocycles. The molecule has 0 unspecified atom stereocenters. The van der Waals surface area contributed by atoms with Crippen molar-refractivity contribution in [2.45, 2.75) is 32.9 Å². The van der Waals surface area contributed by atoms with Gasteiger partial charge in [-0.1, -0.05) is 15.9 Å². The summed E-state index contributed by atoms with van der Waals surface area (Å²) in [6.07, 6.45) is 0. The second-order valence-electron chi connectivity index (χ2n) is 4.69. The van der Waals surface area contributed by atoms with Gasteiger partial charge in [-0.15, -0.1) is 0 Å². The average molecular weight is 296 g/mol. The van der Waals surface area contributed by atoms with Crippen molar-refractivity contribution < 1.29 is 0 Å². The molecule has 3 nitrogen and oxygen atoms in total. The third-order valence-electron chi connectivity index (χ3n) is 3.21. The number of benzene rings is 1. The number of aromatic nitrogens is 2. The summed E-state index contributed by atoms with van der Waals surface area (Å²) in [5.41, 5.74) is 2.11. The van der Waals surface area contributed by atoms with Gasteiger partial charge in [0.15, 0.2) is 0 Å². The zero-order valence-corrected chi connectivity index (χ0v) is 12.3. The number of nitrogens with one attached hydrogen (secondary N) is 1. The Kier molecular flexibility index (Phi) is 3.27. The largest absolute Gasteiger partial charge is 0.327 e. The lowest BCUT2D eigenvalue weighted by molar-refractivity contribution is 0.400. The maximum atomic E-state index is 4.76. The van der Waals surface area contributed by atoms with E-state index in [0.717, 1.165) is 22.4 Å². The van der Waals surface area contributed by atoms with Crippen LogP contribution in [0.2, 0.25) is 0 Å². The van der Waals surface area contributed by atoms with Crippen LogP contribution < -0.4 is 5.32 Å². The first-order valence-electron chi connectivity index (χ1n) is 5.84. The van der Waals surface area contributed by atoms with Crippen molar-refractivity contribution in [1.29, 1.82) is 0 Å². The topological polar surface area (TPSA) is 29.9 Å². The molecule has 0 amide bonds. The van der Waals surface area contributed by atoms with E-state index in [1.165, 1.54) is 5.52 Å². The van der Waals surface area contributed by atoms with Gasteiger partial charge in [-0.05, 0) is 46.0 Å². The molecule has 0 fully saturated rings. The van der Waals surface area contributed by atoms with Crippen LogP contribution in [0.1, 0.15) is 26.6 Å². The van der Waals surface area contributed by atoms with Gasteiger partial charge in [-0.2, -0.15) is 0 Å². The first-order valence-corrected chi connectivity index (χ1v) is 6.64. The molecular formula is C13H18BrN3. The second-order valence-corrected chi connectivity index (χ2v) is 5.60. The number of nitrogens with zero attached hydrogens (tertiary/aromatic N) is 2. The lowest BCUT2D eigenvalue weighted by atomic mass is 10.1. The SMILES string of the molecule is CCn1c(C(C)(C)NC)nc2cc(Br)ccc21. The number of aryl methyl sites for hydroxylation is 1. The summed E-state index contributed by atoms with van der Waals surface area (Å²) >= 11 is 3.49. The molecule has 4 heteroatoms. The van der Waals surface area contributed by atoms with Crippen molar-refractivity contribution in [3.63, 3.8) is 0 Å². The fourth-order valence-corrected chi connectivity index (χ4v) is 2.36. The Morgan fingerprint density at radius 2 is 2.12 bits per heavy atom. The number of imidazole rings is 1. The van der Waals surface area contributed by atoms with Crippen molar-refractivity contribution in [2.75, 3.05) is 7.05 Å². The van der Waals surface area contributed by atoms with Crippen LogP contribution in [-0.4, -0.2) is 16.6 Å². The third-order valence-corrected chi connectivity index (χ3v) is 3.70. The molecule has 1 aromatic carbocycles. The maximum Gasteiger partial charge on any atom is 0.129 e. The molecule has 1 heterocycles. The standard InChI is InChI=1S/C13H18BrN3/c1-5-17-11-7-6-9(14)8-10(11)16-12(17)13(2,3)15-4/h6-8,15H,5H2,1-4H3. The molecule has 1 N–H and O–H groups in total. The Morgan fingerprint density at radius 1 is 1.41 bits per heavy atom. The predicted molar refractivity (Wildman–Crippen MR) is 75.2 cm³/mol. The fourth-order valence-electron chi connectivity index (χ4n) is 2.01. The molecule has 0 radical (unpaired) electrons. The zero-order chi connectivity index (χ0) is 12.6. The van der Waals surface area contributed by atoms with E-state index in [-0.39, 0.29) is 5.54 Å². The van der Waals surface area contributed by atoms with E-state index in [2.05, 4.69) is 64.8 Å². The minimum absolute atomic E-state index is 0.124. The first kappa shape index (κ1) is 12.6. The molecular weight excluding hydrogens is 278 g/mol. The van der Waals surface area contributed by atoms with Gasteiger partial charge in [0, 0.05) is 11.0 Å². The predicted octanol–water partition coefficient (Wildman–Crippen LogP) is 3.27. The van der Waals surface area contributed by atoms with Gasteiger partial charge < -0.3 is 9.88 Å². The first-order chi connectivity index (χ1) is 7.99. The highest BCUT2D eigenvalue weighted by Gasteiger charge is 2.25. The van der Waals surface area contributed by atoms with Crippen LogP contribution in [0, 0.1) is 0 Å². The minimum atomic E-state index is -0.124. The molecule has 92 valence electrons. The van der Waals surface area contributed by atoms with E-state index in [1.54, 1.807) is 0 Å². The number of rotatable bonds is 3. The molecule has 2 aromatic rings. The molecule has 1 aromatic heterocycles. The average Bonchev–Trinajstić information content (AvgIpc) is 2.67. The van der Waals surface area contributed by atoms with Crippen molar-refractivity contribution in [2.24, 2.45) is 0 Å². The molecule has 17 heavy (non-hydrogen) atoms. The number of halogens is 1. The van der Waals surface area contributed by atoms with E-state index in [4.69, 9.17) is 4.98 Å². The molecule has 0 atom stereocenters. The van der Waals surface area contributed by atoms with Crippen LogP contribution in [0.4, 0.5) is 0 Å². The Balaban J connectivity index is 2.72. The quantitative estimate of drug-likeness (QED) is 0.942. The molecule has 2 rings (SSSR count). The van der Waals surface area contributed by atoms with Crippen molar-refractivity contribution in [3.8, 4) is 0 Å². The van der Waals surface area contributed by atoms with Crippen molar-refractivity contribution in [1.82, 2.24) is 14.9 Å². The molecule has 0 aliphatic heterocycles. The van der Waals surface area contributed by atoms with Gasteiger partial charge in [0.05, 0.1) is 16.6 Å². The number of fused-ring (bicyclic) bond motifs is 1. The highest BCUT2D eigenvalue weighted by atomic mass is 79.9. The highest BCUT2D eigenvalue weighted by Crippen LogP contribution is 2.26. The van der Waals surface area contributed by atoms with Gasteiger partial charge in [-0.25, -0.2) is 4.98 Å². The maximum absolute atomic E-state index is 4.76. The number of hydrogen-bond donors (Lipinski definition) is 1. The normalized spacial score (nSPS) is 12.3. The van der Waals surface area contributed by atoms with Gasteiger partial charge in [0.1, 0.15) is 5.82 Å². The highest BCUT2D eigenvalue weighted by molar-refractivity contribution is 9.10. The van der Waals surface area contributed by atoms with E-state index in [1.807, 2.05) is 7.05 Å². The van der Waals surface area contributed by atoms with Crippen molar-refractivity contribution in [3.05, 3.63) is 28.5 Å². The smallest absolute Gasteiger partial charge is 0.129 e. The molecule has 0 aliphatic rings. The Labute approximate surface area is 110 Å². The van der Waals surface area contributed by atoms with Crippen LogP contribution in [0.25, 0.3) is 11.0 Å². The van der Waals surface area contributed by atoms with Crippen LogP contribution in [-0.2, 0) is 12.1 Å². The minimum Gasteiger partial charge on any atom is -0.327 e. The van der Waals surface area contributed by atoms with Gasteiger partial charge in [-0.3, -0.25) is 0 Å². The molecule has 0 saturated carbocycles. The summed E-state index contributed by atoms with van der Waals surface area (Å²) in [7, 11) is 1.97. The van der Waals surface area contributed by atoms with Crippen LogP contribution in [0.5, 0.6) is 0 Å². The monoisotopic (exact) mass is 295 g/mol. The summed E-state index contributed by atoms with van der Waals surface area (Å²) in [5.74, 6) is 1.08. The van der Waals surface area contributed by atoms with Crippen molar-refractivity contribution >= 4 is 27.0 Å². The van der Waals surface area contributed by atoms with Crippen LogP contribution in [0.3, 0.4) is 0 Å². The molecule has 0 saturated heterocycles. The summed E-state index contributed by atoms with van der Waals surface area (Å²) in [4.78, 5) is 4.76. The molecule has 0 bridgehead atoms. The van der Waals surface area contributed by atoms with E-state index >= 15 is 0 Å². The van der Waals surface area contributed by atoms with E-state index in [9.17, 15) is 0 Å². The van der Waals surface area contributed by atoms with Crippen LogP contribution in [0.15, 0.2) is 22.7 Å². The summed E-state index contributed by atoms with van der Waals surface area (Å²) in [6.45, 7) is 7.38. The summed E-state index contributed by atoms with van der Waals surface area (Å²) in [5, 5.41) is 3.31.